The number of hydrogen-bond acceptors (Lipinski definition) is 5. The van der Waals surface area contributed by atoms with Gasteiger partial charge in [-0.1, -0.05) is 74.0 Å². The highest BCUT2D eigenvalue weighted by Gasteiger charge is 2.44. The summed E-state index contributed by atoms with van der Waals surface area (Å²) in [5.41, 5.74) is 2.33. The smallest absolute Gasteiger partial charge is 0.197 e. The maximum Gasteiger partial charge on any atom is 0.197 e. The molecule has 3 aromatic carbocycles. The second-order valence-electron chi connectivity index (χ2n) is 10.2. The van der Waals surface area contributed by atoms with Crippen LogP contribution in [0.1, 0.15) is 62.8 Å². The molecule has 1 unspecified atom stereocenters. The van der Waals surface area contributed by atoms with Crippen LogP contribution in [0.15, 0.2) is 72.8 Å². The summed E-state index contributed by atoms with van der Waals surface area (Å²) < 4.78 is 37.6. The van der Waals surface area contributed by atoms with Crippen molar-refractivity contribution in [3.05, 3.63) is 100 Å². The number of ether oxygens (including phenoxy) is 4. The first kappa shape index (κ1) is 31.8. The molecular weight excluding hydrogens is 531 g/mol. The fourth-order valence-electron chi connectivity index (χ4n) is 4.54. The Morgan fingerprint density at radius 1 is 1.05 bits per heavy atom. The van der Waals surface area contributed by atoms with Crippen LogP contribution in [-0.4, -0.2) is 37.9 Å². The molecule has 1 aliphatic rings. The van der Waals surface area contributed by atoms with Crippen molar-refractivity contribution in [2.24, 2.45) is 0 Å². The van der Waals surface area contributed by atoms with Crippen molar-refractivity contribution in [3.8, 4) is 5.75 Å². The van der Waals surface area contributed by atoms with Crippen LogP contribution in [-0.2, 0) is 37.8 Å². The van der Waals surface area contributed by atoms with Crippen LogP contribution in [0, 0.1) is 0 Å². The molecule has 0 aliphatic carbocycles. The first-order chi connectivity index (χ1) is 19.2. The number of aldehydes is 1. The van der Waals surface area contributed by atoms with Gasteiger partial charge >= 0.3 is 0 Å². The molecular formula is C33H40ClFO5. The Bertz CT molecular complexity index is 1200. The van der Waals surface area contributed by atoms with Gasteiger partial charge in [0.25, 0.3) is 0 Å². The highest BCUT2D eigenvalue weighted by molar-refractivity contribution is 6.31. The van der Waals surface area contributed by atoms with E-state index in [9.17, 15) is 9.18 Å². The SMILES string of the molecule is CC.CO[C@]1(c2ccc(Cl)c(Cc3ccc(OCC(C)(C)F)cc3)c2)CC(OCc2ccccc2)C[C@@H](C=O)O1. The van der Waals surface area contributed by atoms with Crippen LogP contribution < -0.4 is 4.74 Å². The van der Waals surface area contributed by atoms with E-state index in [0.29, 0.717) is 36.6 Å². The van der Waals surface area contributed by atoms with E-state index in [1.165, 1.54) is 13.8 Å². The molecule has 0 amide bonds. The monoisotopic (exact) mass is 570 g/mol. The molecule has 0 aromatic heterocycles. The van der Waals surface area contributed by atoms with Gasteiger partial charge in [-0.2, -0.15) is 0 Å². The fraction of sp³-hybridized carbons (Fsp3) is 0.424. The average molecular weight is 571 g/mol. The lowest BCUT2D eigenvalue weighted by atomic mass is 9.90. The molecule has 0 spiro atoms. The van der Waals surface area contributed by atoms with E-state index >= 15 is 0 Å². The van der Waals surface area contributed by atoms with Gasteiger partial charge in [-0.15, -0.1) is 0 Å². The topological polar surface area (TPSA) is 54.0 Å². The molecule has 1 fully saturated rings. The van der Waals surface area contributed by atoms with Gasteiger partial charge in [-0.25, -0.2) is 4.39 Å². The summed E-state index contributed by atoms with van der Waals surface area (Å²) in [5.74, 6) is -0.545. The third-order valence-corrected chi connectivity index (χ3v) is 6.90. The van der Waals surface area contributed by atoms with Crippen LogP contribution >= 0.6 is 11.6 Å². The van der Waals surface area contributed by atoms with Crippen molar-refractivity contribution in [2.45, 2.75) is 77.2 Å². The summed E-state index contributed by atoms with van der Waals surface area (Å²) in [6.45, 7) is 7.38. The second-order valence-corrected chi connectivity index (χ2v) is 10.6. The van der Waals surface area contributed by atoms with Gasteiger partial charge in [-0.3, -0.25) is 0 Å². The lowest BCUT2D eigenvalue weighted by Gasteiger charge is -2.42. The average Bonchev–Trinajstić information content (AvgIpc) is 2.97. The summed E-state index contributed by atoms with van der Waals surface area (Å²) in [5, 5.41) is 0.610. The Hall–Kier alpha value is -2.77. The summed E-state index contributed by atoms with van der Waals surface area (Å²) in [6.07, 6.45) is 1.35. The molecule has 0 bridgehead atoms. The fourth-order valence-corrected chi connectivity index (χ4v) is 4.73. The van der Waals surface area contributed by atoms with Gasteiger partial charge in [0.1, 0.15) is 30.4 Å². The van der Waals surface area contributed by atoms with Crippen LogP contribution in [0.4, 0.5) is 4.39 Å². The molecule has 0 N–H and O–H groups in total. The predicted octanol–water partition coefficient (Wildman–Crippen LogP) is 7.85. The summed E-state index contributed by atoms with van der Waals surface area (Å²) in [6, 6.07) is 23.1. The van der Waals surface area contributed by atoms with Gasteiger partial charge in [0.05, 0.1) is 12.7 Å². The molecule has 3 atom stereocenters. The Balaban J connectivity index is 0.00000216. The zero-order valence-electron chi connectivity index (χ0n) is 24.0. The minimum atomic E-state index is -1.40. The molecule has 1 heterocycles. The molecule has 5 nitrogen and oxygen atoms in total. The van der Waals surface area contributed by atoms with Crippen molar-refractivity contribution in [1.29, 1.82) is 0 Å². The van der Waals surface area contributed by atoms with Gasteiger partial charge < -0.3 is 23.7 Å². The van der Waals surface area contributed by atoms with E-state index < -0.39 is 17.6 Å². The molecule has 4 rings (SSSR count). The number of halogens is 2. The molecule has 0 radical (unpaired) electrons. The molecule has 216 valence electrons. The van der Waals surface area contributed by atoms with E-state index in [1.807, 2.05) is 86.6 Å². The van der Waals surface area contributed by atoms with Crippen molar-refractivity contribution in [2.75, 3.05) is 13.7 Å². The molecule has 40 heavy (non-hydrogen) atoms. The first-order valence-corrected chi connectivity index (χ1v) is 14.1. The zero-order valence-corrected chi connectivity index (χ0v) is 24.7. The molecule has 3 aromatic rings. The minimum Gasteiger partial charge on any atom is -0.490 e. The number of carbonyl (C=O) groups is 1. The number of hydrogen-bond donors (Lipinski definition) is 0. The molecule has 0 saturated carbocycles. The number of alkyl halides is 1. The Labute approximate surface area is 242 Å². The highest BCUT2D eigenvalue weighted by Crippen LogP contribution is 2.41. The van der Waals surface area contributed by atoms with Crippen LogP contribution in [0.25, 0.3) is 0 Å². The number of rotatable bonds is 11. The van der Waals surface area contributed by atoms with Crippen molar-refractivity contribution < 1.29 is 28.1 Å². The largest absolute Gasteiger partial charge is 0.490 e. The molecule has 1 aliphatic heterocycles. The van der Waals surface area contributed by atoms with Gasteiger partial charge in [0.15, 0.2) is 5.79 Å². The lowest BCUT2D eigenvalue weighted by molar-refractivity contribution is -0.291. The van der Waals surface area contributed by atoms with E-state index in [1.54, 1.807) is 7.11 Å². The van der Waals surface area contributed by atoms with Gasteiger partial charge in [-0.05, 0) is 61.2 Å². The van der Waals surface area contributed by atoms with Gasteiger partial charge in [0.2, 0.25) is 0 Å². The first-order valence-electron chi connectivity index (χ1n) is 13.7. The Morgan fingerprint density at radius 2 is 1.75 bits per heavy atom. The summed E-state index contributed by atoms with van der Waals surface area (Å²) in [7, 11) is 1.58. The number of methoxy groups -OCH3 is 1. The Morgan fingerprint density at radius 3 is 2.38 bits per heavy atom. The summed E-state index contributed by atoms with van der Waals surface area (Å²) >= 11 is 6.58. The highest BCUT2D eigenvalue weighted by atomic mass is 35.5. The van der Waals surface area contributed by atoms with Crippen molar-refractivity contribution in [3.63, 3.8) is 0 Å². The predicted molar refractivity (Wildman–Crippen MR) is 157 cm³/mol. The lowest BCUT2D eigenvalue weighted by Crippen LogP contribution is -2.46. The number of benzene rings is 3. The standard InChI is InChI=1S/C31H34ClFO5.C2H6/c1-30(2,33)21-37-26-12-9-22(10-13-26)15-24-16-25(11-14-29(24)32)31(35-3)18-27(17-28(19-34)38-31)36-20-23-7-5-4-6-8-23;1-2/h4-14,16,19,27-28H,15,17-18,20-21H2,1-3H3;1-2H3/t27?,28-,31+;/m0./s1. The minimum absolute atomic E-state index is 0.0167. The normalized spacial score (nSPS) is 20.8. The maximum atomic E-state index is 13.7. The molecule has 7 heteroatoms. The third kappa shape index (κ3) is 8.87. The second kappa shape index (κ2) is 14.7. The van der Waals surface area contributed by atoms with Crippen molar-refractivity contribution >= 4 is 17.9 Å². The van der Waals surface area contributed by atoms with Crippen LogP contribution in [0.5, 0.6) is 5.75 Å². The van der Waals surface area contributed by atoms with Crippen LogP contribution in [0.2, 0.25) is 5.02 Å². The van der Waals surface area contributed by atoms with Crippen LogP contribution in [0.3, 0.4) is 0 Å². The van der Waals surface area contributed by atoms with Crippen molar-refractivity contribution in [1.82, 2.24) is 0 Å². The van der Waals surface area contributed by atoms with E-state index in [0.717, 1.165) is 28.5 Å². The zero-order chi connectivity index (χ0) is 29.2. The molecule has 1 saturated heterocycles. The maximum absolute atomic E-state index is 13.7. The van der Waals surface area contributed by atoms with E-state index in [-0.39, 0.29) is 12.7 Å². The quantitative estimate of drug-likeness (QED) is 0.220. The van der Waals surface area contributed by atoms with E-state index in [2.05, 4.69) is 0 Å². The van der Waals surface area contributed by atoms with Gasteiger partial charge in [0, 0.05) is 30.5 Å². The number of carbonyl (C=O) groups excluding carboxylic acids is 1. The summed E-state index contributed by atoms with van der Waals surface area (Å²) in [4.78, 5) is 11.8. The third-order valence-electron chi connectivity index (χ3n) is 6.53. The van der Waals surface area contributed by atoms with E-state index in [4.69, 9.17) is 30.5 Å². The Kier molecular flexibility index (Phi) is 11.7.